The van der Waals surface area contributed by atoms with Crippen LogP contribution in [0.1, 0.15) is 144 Å². The third kappa shape index (κ3) is 16.4. The van der Waals surface area contributed by atoms with Gasteiger partial charge in [-0.15, -0.1) is 0 Å². The molecule has 0 amide bonds. The molecule has 0 saturated heterocycles. The van der Waals surface area contributed by atoms with E-state index < -0.39 is 21.7 Å². The number of hydrogen-bond acceptors (Lipinski definition) is 19. The van der Waals surface area contributed by atoms with E-state index in [4.69, 9.17) is 60.3 Å². The lowest BCUT2D eigenvalue weighted by atomic mass is 9.58. The second-order valence-electron chi connectivity index (χ2n) is 39.8. The molecule has 0 radical (unpaired) electrons. The minimum absolute atomic E-state index is 0.00237. The van der Waals surface area contributed by atoms with Gasteiger partial charge in [-0.25, -0.2) is 61.2 Å². The van der Waals surface area contributed by atoms with E-state index in [9.17, 15) is 32.3 Å². The molecule has 0 aliphatic heterocycles. The summed E-state index contributed by atoms with van der Waals surface area (Å²) in [5, 5.41) is 31.8. The van der Waals surface area contributed by atoms with Crippen molar-refractivity contribution in [3.05, 3.63) is 392 Å². The summed E-state index contributed by atoms with van der Waals surface area (Å²) in [6.07, 6.45) is 16.4. The normalized spacial score (nSPS) is 22.7. The lowest BCUT2D eigenvalue weighted by Gasteiger charge is -2.45. The highest BCUT2D eigenvalue weighted by Gasteiger charge is 2.56. The number of carbonyl (C=O) groups excluding carboxylic acids is 4. The van der Waals surface area contributed by atoms with Gasteiger partial charge in [0.05, 0.1) is 94.6 Å². The maximum Gasteiger partial charge on any atom is 0.278 e. The van der Waals surface area contributed by atoms with Crippen LogP contribution in [0, 0.1) is 112 Å². The highest BCUT2D eigenvalue weighted by molar-refractivity contribution is 6.03. The minimum Gasteiger partial charge on any atom is -0.339 e. The van der Waals surface area contributed by atoms with Crippen LogP contribution < -0.4 is 0 Å². The molecule has 27 nitrogen and oxygen atoms in total. The van der Waals surface area contributed by atoms with Crippen molar-refractivity contribution in [3.8, 4) is 113 Å². The molecule has 0 N–H and O–H groups in total. The predicted molar refractivity (Wildman–Crippen MR) is 543 cm³/mol. The molecule has 8 heterocycles. The van der Waals surface area contributed by atoms with Crippen LogP contribution in [0.5, 0.6) is 0 Å². The molecule has 12 atom stereocenters. The first-order valence-electron chi connectivity index (χ1n) is 48.9. The van der Waals surface area contributed by atoms with E-state index in [2.05, 4.69) is 124 Å². The van der Waals surface area contributed by atoms with Crippen molar-refractivity contribution in [1.82, 2.24) is 79.5 Å². The number of rotatable bonds is 12. The van der Waals surface area contributed by atoms with Gasteiger partial charge >= 0.3 is 0 Å². The van der Waals surface area contributed by atoms with Gasteiger partial charge in [-0.3, -0.25) is 0 Å². The number of benzene rings is 8. The number of hydrogen-bond donors (Lipinski definition) is 0. The second kappa shape index (κ2) is 37.7. The third-order valence-electron chi connectivity index (χ3n) is 31.3. The fourth-order valence-corrected chi connectivity index (χ4v) is 24.2. The zero-order chi connectivity index (χ0) is 103. The molecule has 147 heavy (non-hydrogen) atoms. The molecule has 24 rings (SSSR count). The van der Waals surface area contributed by atoms with Gasteiger partial charge in [-0.05, 0) is 215 Å². The zero-order valence-electron chi connectivity index (χ0n) is 82.3. The summed E-state index contributed by atoms with van der Waals surface area (Å²) in [6.45, 7) is 51.9. The van der Waals surface area contributed by atoms with E-state index in [1.165, 1.54) is 24.5 Å². The van der Waals surface area contributed by atoms with Gasteiger partial charge in [-0.1, -0.05) is 186 Å². The molecule has 0 saturated carbocycles. The molecule has 8 aromatic heterocycles. The Hall–Kier alpha value is -17.5. The number of Topliss-reactive ketones (excluding diaryl/α,β-unsaturated/α-hetero) is 4. The number of aromatic nitrogens is 16. The average molecular weight is 1950 g/mol. The molecule has 8 aliphatic carbocycles. The topological polar surface area (TPSA) is 300 Å². The van der Waals surface area contributed by atoms with Crippen molar-refractivity contribution < 1.29 is 45.9 Å². The Kier molecular flexibility index (Phi) is 24.5. The number of nitrogens with zero attached hydrogens (tertiary/aromatic N) is 20. The highest BCUT2D eigenvalue weighted by Crippen LogP contribution is 2.58. The number of carbonyl (C=O) groups is 4. The van der Waals surface area contributed by atoms with Gasteiger partial charge in [-0.2, -0.15) is 35.3 Å². The van der Waals surface area contributed by atoms with Gasteiger partial charge in [0.25, 0.3) is 11.8 Å². The summed E-state index contributed by atoms with van der Waals surface area (Å²) >= 11 is 0. The molecule has 16 aromatic rings. The lowest BCUT2D eigenvalue weighted by Crippen LogP contribution is -2.46. The van der Waals surface area contributed by atoms with Crippen LogP contribution in [0.4, 0.5) is 13.2 Å². The SMILES string of the molecule is [C-]#[N+]C1=C[C@@]2(C)c3c(c(-c4ccccc4F)nn3-c3ccc(-c4ccncn4)cc3)CC[C@@H]2[C@@H](C)C1=O.[C-]#[N+]C1=C[C@@]2(C)c3c(c(-c4ccccc4F)nn3-c3ccc(-c4nc(C)no4)cc3)CC[C@@H]2[C@@H](C)C1=O.[C-]#[N+]C1=C[C@@]2(C)c3c(c(-c4ccccc4F)nn3-c3ccc(-c4noc(C)n4)cc3)CC[C@@H]2[C@@H](C)C1=O.[C-]#[N+]C1=C[C@@]2(C)c3c(c(-c4nc(C)no4)nn3-c3ccc(-c4ccccc4)cc3)CC[C@@H]2[C@@H](C)C1=O. The van der Waals surface area contributed by atoms with E-state index in [1.54, 1.807) is 75.5 Å². The van der Waals surface area contributed by atoms with E-state index in [0.717, 1.165) is 133 Å². The first-order chi connectivity index (χ1) is 70.9. The van der Waals surface area contributed by atoms with Crippen LogP contribution in [-0.2, 0) is 66.5 Å². The summed E-state index contributed by atoms with van der Waals surface area (Å²) in [4.78, 5) is 87.2. The minimum atomic E-state index is -0.625. The Bertz CT molecular complexity index is 8100. The molecule has 0 fully saturated rings. The van der Waals surface area contributed by atoms with Gasteiger partial charge in [0.15, 0.2) is 40.5 Å². The predicted octanol–water partition coefficient (Wildman–Crippen LogP) is 23.5. The second-order valence-corrected chi connectivity index (χ2v) is 39.8. The monoisotopic (exact) mass is 1950 g/mol. The van der Waals surface area contributed by atoms with Crippen molar-refractivity contribution in [2.45, 2.75) is 149 Å². The summed E-state index contributed by atoms with van der Waals surface area (Å²) in [5.41, 5.74) is 18.5. The van der Waals surface area contributed by atoms with Gasteiger partial charge in [0.1, 0.15) is 23.8 Å². The van der Waals surface area contributed by atoms with E-state index in [0.29, 0.717) is 93.9 Å². The Labute approximate surface area is 845 Å². The molecule has 728 valence electrons. The van der Waals surface area contributed by atoms with Crippen molar-refractivity contribution in [3.63, 3.8) is 0 Å². The third-order valence-corrected chi connectivity index (χ3v) is 31.3. The Balaban J connectivity index is 0.000000115. The lowest BCUT2D eigenvalue weighted by molar-refractivity contribution is -0.122. The smallest absolute Gasteiger partial charge is 0.278 e. The maximum atomic E-state index is 15.0. The highest BCUT2D eigenvalue weighted by atomic mass is 19.1. The Morgan fingerprint density at radius 1 is 0.347 bits per heavy atom. The first-order valence-corrected chi connectivity index (χ1v) is 48.9. The number of ketones is 4. The number of fused-ring (bicyclic) bond motifs is 12. The number of allylic oxidation sites excluding steroid dienone is 8. The zero-order valence-corrected chi connectivity index (χ0v) is 82.3. The summed E-state index contributed by atoms with van der Waals surface area (Å²) in [5.74, 6) is 0.474. The van der Waals surface area contributed by atoms with Crippen LogP contribution in [0.15, 0.2) is 279 Å². The molecule has 0 bridgehead atoms. The number of halogens is 3. The maximum absolute atomic E-state index is 15.0. The molecule has 8 aliphatic rings. The molecular weight excluding hydrogens is 1850 g/mol. The van der Waals surface area contributed by atoms with Gasteiger partial charge in [0, 0.05) is 114 Å². The van der Waals surface area contributed by atoms with Crippen LogP contribution >= 0.6 is 0 Å². The van der Waals surface area contributed by atoms with Gasteiger partial charge in [0.2, 0.25) is 34.5 Å². The van der Waals surface area contributed by atoms with Gasteiger partial charge < -0.3 is 32.7 Å². The van der Waals surface area contributed by atoms with Crippen LogP contribution in [0.3, 0.4) is 0 Å². The number of aryl methyl sites for hydroxylation is 3. The molecule has 8 aromatic carbocycles. The molecule has 0 spiro atoms. The van der Waals surface area contributed by atoms with Crippen molar-refractivity contribution >= 4 is 23.1 Å². The van der Waals surface area contributed by atoms with Crippen LogP contribution in [0.2, 0.25) is 0 Å². The van der Waals surface area contributed by atoms with Crippen molar-refractivity contribution in [1.29, 1.82) is 0 Å². The molecular formula is C117H97F3N20O7. The quantitative estimate of drug-likeness (QED) is 0.103. The fourth-order valence-electron chi connectivity index (χ4n) is 24.2. The van der Waals surface area contributed by atoms with E-state index >= 15 is 0 Å². The molecule has 30 heteroatoms. The summed E-state index contributed by atoms with van der Waals surface area (Å²) in [7, 11) is 0. The van der Waals surface area contributed by atoms with E-state index in [1.807, 2.05) is 174 Å². The standard InChI is InChI=1S/C30H24FN5O.2C29H24FN5O2.C29H25N5O2/c1-18-23-13-12-22-27(21-6-4-5-7-24(21)31)35-36(29(22)30(23,2)16-26(32-3)28(18)37)20-10-8-19(9-11-20)25-14-15-33-17-34-25;1-16-22-14-13-21-25(20-7-5-6-8-23(20)30)33-35(27(21)29(22,3)15-24(31-4)26(16)36)19-11-9-18(10-12-19)28-32-17(2)37-34-28;1-16-22-14-13-21-25(20-7-5-6-8-23(20)30)33-35(27(21)29(22,3)15-24(31-4)26(16)36)19-11-9-18(10-12-19)28-32-17(2)34-37-28;1-17-23-15-14-22-25(28-31-18(2)33-36-28)32-34(27(22)29(23,3)16-24(30-4)26(17)35)21-12-10-20(11-13-21)19-8-6-5-7-9-19/h4-11,14-18,23H,12-13H2,1-2H3;2*5-12,15-16,22H,13-14H2,1-3H3;5-13,16-17,23H,14-15H2,1-3H3/t18-,23-,30-;2*16-,22-,29-;17-,23-,29-/m1111/s1. The average Bonchev–Trinajstić information content (AvgIpc) is 1.59. The van der Waals surface area contributed by atoms with Crippen LogP contribution in [0.25, 0.3) is 133 Å². The Morgan fingerprint density at radius 3 is 0.980 bits per heavy atom. The molecule has 0 unspecified atom stereocenters. The summed E-state index contributed by atoms with van der Waals surface area (Å²) < 4.78 is 68.5. The van der Waals surface area contributed by atoms with Crippen molar-refractivity contribution in [2.24, 2.45) is 47.3 Å². The van der Waals surface area contributed by atoms with E-state index in [-0.39, 0.29) is 111 Å². The largest absolute Gasteiger partial charge is 0.339 e. The fraction of sp³-hybridized carbons (Fsp3) is 0.265. The Morgan fingerprint density at radius 2 is 0.660 bits per heavy atom. The summed E-state index contributed by atoms with van der Waals surface area (Å²) in [6, 6.07) is 63.5. The van der Waals surface area contributed by atoms with Crippen LogP contribution in [-0.4, -0.2) is 103 Å². The van der Waals surface area contributed by atoms with Crippen molar-refractivity contribution in [2.75, 3.05) is 0 Å². The first kappa shape index (κ1) is 95.7.